The molecular formula is C24H29N3O8S. The van der Waals surface area contributed by atoms with Gasteiger partial charge in [0.15, 0.2) is 0 Å². The Balaban J connectivity index is 1.85. The molecule has 11 nitrogen and oxygen atoms in total. The Morgan fingerprint density at radius 2 is 1.69 bits per heavy atom. The van der Waals surface area contributed by atoms with Crippen LogP contribution in [0.25, 0.3) is 0 Å². The Hall–Kier alpha value is -3.48. The van der Waals surface area contributed by atoms with Gasteiger partial charge in [-0.25, -0.2) is 8.42 Å². The maximum atomic E-state index is 12.9. The average Bonchev–Trinajstić information content (AvgIpc) is 3.05. The monoisotopic (exact) mass is 519 g/mol. The van der Waals surface area contributed by atoms with Gasteiger partial charge in [0.2, 0.25) is 0 Å². The molecule has 0 aromatic heterocycles. The van der Waals surface area contributed by atoms with Gasteiger partial charge in [-0.1, -0.05) is 18.2 Å². The fourth-order valence-electron chi connectivity index (χ4n) is 3.47. The van der Waals surface area contributed by atoms with Crippen molar-refractivity contribution in [1.29, 1.82) is 0 Å². The second-order valence-electron chi connectivity index (χ2n) is 8.34. The summed E-state index contributed by atoms with van der Waals surface area (Å²) in [6, 6.07) is 10.3. The van der Waals surface area contributed by atoms with Crippen molar-refractivity contribution in [1.82, 2.24) is 9.80 Å². The number of imide groups is 1. The Kier molecular flexibility index (Phi) is 9.02. The number of aliphatic carboxylic acids is 1. The molecule has 2 amide bonds. The van der Waals surface area contributed by atoms with Gasteiger partial charge in [-0.15, -0.1) is 0 Å². The van der Waals surface area contributed by atoms with Crippen LogP contribution in [-0.4, -0.2) is 88.1 Å². The number of benzene rings is 2. The Labute approximate surface area is 209 Å². The summed E-state index contributed by atoms with van der Waals surface area (Å²) in [4.78, 5) is 39.5. The number of sulfonamides is 1. The third-order valence-corrected chi connectivity index (χ3v) is 6.69. The number of carbonyl (C=O) groups excluding carboxylic acids is 2. The fraction of sp³-hybridized carbons (Fsp3) is 0.375. The molecule has 2 aromatic carbocycles. The van der Waals surface area contributed by atoms with E-state index in [9.17, 15) is 22.8 Å². The van der Waals surface area contributed by atoms with E-state index in [1.807, 2.05) is 19.0 Å². The van der Waals surface area contributed by atoms with Crippen molar-refractivity contribution in [3.63, 3.8) is 0 Å². The van der Waals surface area contributed by atoms with Crippen LogP contribution in [0, 0.1) is 0 Å². The zero-order valence-corrected chi connectivity index (χ0v) is 20.9. The number of fused-ring (bicyclic) bond motifs is 1. The number of carboxylic acids is 1. The minimum Gasteiger partial charge on any atom is -0.489 e. The minimum absolute atomic E-state index is 0.000527. The lowest BCUT2D eigenvalue weighted by Crippen LogP contribution is -2.31. The molecule has 0 radical (unpaired) electrons. The molecule has 1 aliphatic heterocycles. The molecule has 12 heteroatoms. The van der Waals surface area contributed by atoms with Crippen molar-refractivity contribution < 1.29 is 37.4 Å². The van der Waals surface area contributed by atoms with Crippen molar-refractivity contribution in [3.05, 3.63) is 53.6 Å². The second kappa shape index (κ2) is 12.0. The van der Waals surface area contributed by atoms with E-state index in [-0.39, 0.29) is 60.1 Å². The predicted octanol–water partition coefficient (Wildman–Crippen LogP) is 1.91. The Morgan fingerprint density at radius 3 is 2.33 bits per heavy atom. The van der Waals surface area contributed by atoms with Crippen molar-refractivity contribution in [3.8, 4) is 5.75 Å². The highest BCUT2D eigenvalue weighted by Gasteiger charge is 2.37. The third kappa shape index (κ3) is 6.80. The molecule has 36 heavy (non-hydrogen) atoms. The summed E-state index contributed by atoms with van der Waals surface area (Å²) in [6.45, 7) is 1.43. The van der Waals surface area contributed by atoms with Crippen LogP contribution in [0.4, 0.5) is 5.69 Å². The molecule has 2 N–H and O–H groups in total. The lowest BCUT2D eigenvalue weighted by atomic mass is 10.1. The topological polar surface area (TPSA) is 143 Å². The number of rotatable bonds is 14. The van der Waals surface area contributed by atoms with Gasteiger partial charge >= 0.3 is 5.97 Å². The highest BCUT2D eigenvalue weighted by molar-refractivity contribution is 7.92. The van der Waals surface area contributed by atoms with Crippen LogP contribution in [0.1, 0.15) is 33.6 Å². The number of anilines is 1. The van der Waals surface area contributed by atoms with Crippen LogP contribution in [0.3, 0.4) is 0 Å². The SMILES string of the molecule is CN(C)CCOCCOc1cc2c(cc1NS(=O)(=O)c1ccccc1)C(=O)N(CCCC(=O)O)C2=O. The number of nitrogens with one attached hydrogen (secondary N) is 1. The summed E-state index contributed by atoms with van der Waals surface area (Å²) in [5.74, 6) is -2.19. The van der Waals surface area contributed by atoms with E-state index in [4.69, 9.17) is 14.6 Å². The van der Waals surface area contributed by atoms with E-state index in [1.54, 1.807) is 18.2 Å². The lowest BCUT2D eigenvalue weighted by Gasteiger charge is -2.15. The smallest absolute Gasteiger partial charge is 0.303 e. The molecule has 0 saturated heterocycles. The summed E-state index contributed by atoms with van der Waals surface area (Å²) >= 11 is 0. The summed E-state index contributed by atoms with van der Waals surface area (Å²) in [5.41, 5.74) is 0.0663. The van der Waals surface area contributed by atoms with Crippen LogP contribution < -0.4 is 9.46 Å². The number of likely N-dealkylation sites (N-methyl/N-ethyl adjacent to an activating group) is 1. The van der Waals surface area contributed by atoms with Crippen molar-refractivity contribution in [2.75, 3.05) is 51.7 Å². The third-order valence-electron chi connectivity index (χ3n) is 5.31. The summed E-state index contributed by atoms with van der Waals surface area (Å²) in [5, 5.41) is 8.85. The van der Waals surface area contributed by atoms with Crippen molar-refractivity contribution in [2.24, 2.45) is 0 Å². The molecule has 3 rings (SSSR count). The number of amides is 2. The zero-order chi connectivity index (χ0) is 26.3. The highest BCUT2D eigenvalue weighted by Crippen LogP contribution is 2.35. The average molecular weight is 520 g/mol. The first kappa shape index (κ1) is 27.1. The van der Waals surface area contributed by atoms with Crippen LogP contribution in [0.15, 0.2) is 47.4 Å². The maximum Gasteiger partial charge on any atom is 0.303 e. The van der Waals surface area contributed by atoms with Gasteiger partial charge in [0.1, 0.15) is 12.4 Å². The molecule has 0 atom stereocenters. The van der Waals surface area contributed by atoms with Gasteiger partial charge in [0.25, 0.3) is 21.8 Å². The first-order valence-corrected chi connectivity index (χ1v) is 12.8. The maximum absolute atomic E-state index is 12.9. The van der Waals surface area contributed by atoms with Gasteiger partial charge < -0.3 is 19.5 Å². The van der Waals surface area contributed by atoms with E-state index >= 15 is 0 Å². The standard InChI is InChI=1S/C24H29N3O8S/c1-26(2)11-12-34-13-14-35-21-16-19-18(23(30)27(24(19)31)10-6-9-22(28)29)15-20(21)25-36(32,33)17-7-4-3-5-8-17/h3-5,7-8,15-16,25H,6,9-14H2,1-2H3,(H,28,29). The Bertz CT molecular complexity index is 1220. The number of carboxylic acid groups (broad SMARTS) is 1. The molecule has 0 aliphatic carbocycles. The summed E-state index contributed by atoms with van der Waals surface area (Å²) in [7, 11) is -0.181. The fourth-order valence-corrected chi connectivity index (χ4v) is 4.55. The second-order valence-corrected chi connectivity index (χ2v) is 10.0. The number of ether oxygens (including phenoxy) is 2. The van der Waals surface area contributed by atoms with Crippen molar-refractivity contribution in [2.45, 2.75) is 17.7 Å². The van der Waals surface area contributed by atoms with Crippen LogP contribution in [0.2, 0.25) is 0 Å². The van der Waals surface area contributed by atoms with E-state index in [0.717, 1.165) is 11.4 Å². The minimum atomic E-state index is -4.01. The number of carbonyl (C=O) groups is 3. The Morgan fingerprint density at radius 1 is 1.03 bits per heavy atom. The molecule has 0 saturated carbocycles. The summed E-state index contributed by atoms with van der Waals surface area (Å²) < 4.78 is 39.6. The number of nitrogens with zero attached hydrogens (tertiary/aromatic N) is 2. The summed E-state index contributed by atoms with van der Waals surface area (Å²) in [6.07, 6.45) is -0.0976. The quantitative estimate of drug-likeness (QED) is 0.283. The van der Waals surface area contributed by atoms with Gasteiger partial charge in [-0.2, -0.15) is 0 Å². The molecule has 0 bridgehead atoms. The molecule has 0 fully saturated rings. The number of hydrogen-bond donors (Lipinski definition) is 2. The van der Waals surface area contributed by atoms with E-state index in [1.165, 1.54) is 24.3 Å². The first-order valence-electron chi connectivity index (χ1n) is 11.3. The molecular weight excluding hydrogens is 490 g/mol. The van der Waals surface area contributed by atoms with Gasteiger partial charge in [-0.05, 0) is 44.8 Å². The molecule has 1 aliphatic rings. The molecule has 0 spiro atoms. The molecule has 0 unspecified atom stereocenters. The van der Waals surface area contributed by atoms with Gasteiger partial charge in [0.05, 0.1) is 34.9 Å². The zero-order valence-electron chi connectivity index (χ0n) is 20.1. The van der Waals surface area contributed by atoms with Gasteiger partial charge in [0, 0.05) is 19.5 Å². The molecule has 2 aromatic rings. The van der Waals surface area contributed by atoms with Crippen molar-refractivity contribution >= 4 is 33.5 Å². The highest BCUT2D eigenvalue weighted by atomic mass is 32.2. The molecule has 1 heterocycles. The van der Waals surface area contributed by atoms with Gasteiger partial charge in [-0.3, -0.25) is 24.0 Å². The van der Waals surface area contributed by atoms with Crippen LogP contribution in [0.5, 0.6) is 5.75 Å². The van der Waals surface area contributed by atoms with E-state index < -0.39 is 27.8 Å². The van der Waals surface area contributed by atoms with Crippen LogP contribution in [-0.2, 0) is 19.6 Å². The largest absolute Gasteiger partial charge is 0.489 e. The number of hydrogen-bond acceptors (Lipinski definition) is 8. The normalized spacial score (nSPS) is 13.2. The van der Waals surface area contributed by atoms with E-state index in [0.29, 0.717) is 6.61 Å². The first-order chi connectivity index (χ1) is 17.1. The molecule has 194 valence electrons. The lowest BCUT2D eigenvalue weighted by molar-refractivity contribution is -0.137. The van der Waals surface area contributed by atoms with Crippen LogP contribution >= 0.6 is 0 Å². The van der Waals surface area contributed by atoms with E-state index in [2.05, 4.69) is 4.72 Å². The predicted molar refractivity (Wildman–Crippen MR) is 131 cm³/mol.